The second-order valence-electron chi connectivity index (χ2n) is 7.00. The maximum Gasteiger partial charge on any atom is 0.233 e. The summed E-state index contributed by atoms with van der Waals surface area (Å²) in [4.78, 5) is 15.2. The summed E-state index contributed by atoms with van der Waals surface area (Å²) >= 11 is 0. The van der Waals surface area contributed by atoms with Crippen molar-refractivity contribution in [3.8, 4) is 0 Å². The largest absolute Gasteiger partial charge is 0.456 e. The van der Waals surface area contributed by atoms with Crippen molar-refractivity contribution in [1.29, 1.82) is 0 Å². The molecular formula is C21H24N2O3S. The zero-order chi connectivity index (χ0) is 18.6. The van der Waals surface area contributed by atoms with Crippen molar-refractivity contribution < 1.29 is 13.4 Å². The molecule has 6 heteroatoms. The first kappa shape index (κ1) is 18.2. The first-order valence-electron chi connectivity index (χ1n) is 9.49. The van der Waals surface area contributed by atoms with Gasteiger partial charge in [-0.2, -0.15) is 0 Å². The van der Waals surface area contributed by atoms with Gasteiger partial charge >= 0.3 is 0 Å². The number of furan rings is 1. The summed E-state index contributed by atoms with van der Waals surface area (Å²) < 4.78 is 18.4. The fourth-order valence-corrected chi connectivity index (χ4v) is 4.61. The Labute approximate surface area is 161 Å². The van der Waals surface area contributed by atoms with E-state index in [1.165, 1.54) is 19.3 Å². The number of rotatable bonds is 6. The van der Waals surface area contributed by atoms with E-state index in [-0.39, 0.29) is 11.7 Å². The topological polar surface area (TPSA) is 62.6 Å². The van der Waals surface area contributed by atoms with Crippen LogP contribution in [0.1, 0.15) is 19.3 Å². The van der Waals surface area contributed by atoms with E-state index in [0.29, 0.717) is 11.4 Å². The van der Waals surface area contributed by atoms with Gasteiger partial charge < -0.3 is 14.6 Å². The van der Waals surface area contributed by atoms with E-state index < -0.39 is 10.8 Å². The average molecular weight is 385 g/mol. The summed E-state index contributed by atoms with van der Waals surface area (Å²) in [6.07, 6.45) is 3.78. The Balaban J connectivity index is 1.37. The summed E-state index contributed by atoms with van der Waals surface area (Å²) in [7, 11) is -1.37. The van der Waals surface area contributed by atoms with Gasteiger partial charge in [0.05, 0.1) is 10.8 Å². The number of benzene rings is 2. The van der Waals surface area contributed by atoms with Crippen LogP contribution >= 0.6 is 0 Å². The molecule has 142 valence electrons. The summed E-state index contributed by atoms with van der Waals surface area (Å²) in [6.45, 7) is 3.70. The molecule has 1 aromatic heterocycles. The van der Waals surface area contributed by atoms with Gasteiger partial charge in [0.15, 0.2) is 0 Å². The van der Waals surface area contributed by atoms with Gasteiger partial charge in [0, 0.05) is 28.8 Å². The third-order valence-corrected chi connectivity index (χ3v) is 6.38. The summed E-state index contributed by atoms with van der Waals surface area (Å²) in [5.41, 5.74) is 1.58. The number of hydrogen-bond acceptors (Lipinski definition) is 4. The molecule has 2 heterocycles. The van der Waals surface area contributed by atoms with Crippen LogP contribution in [0.4, 0.5) is 0 Å². The van der Waals surface area contributed by atoms with Gasteiger partial charge in [0.1, 0.15) is 16.9 Å². The Bertz CT molecular complexity index is 976. The monoisotopic (exact) mass is 384 g/mol. The molecule has 2 aromatic carbocycles. The lowest BCUT2D eigenvalue weighted by Gasteiger charge is -2.26. The maximum atomic E-state index is 12.6. The number of piperidine rings is 1. The zero-order valence-corrected chi connectivity index (χ0v) is 16.1. The normalized spacial score (nSPS) is 16.6. The number of nitrogens with zero attached hydrogens (tertiary/aromatic N) is 1. The molecule has 1 aliphatic rings. The van der Waals surface area contributed by atoms with Gasteiger partial charge in [-0.1, -0.05) is 24.6 Å². The Kier molecular flexibility index (Phi) is 5.55. The fraction of sp³-hybridized carbons (Fsp3) is 0.381. The molecule has 0 aliphatic carbocycles. The lowest BCUT2D eigenvalue weighted by molar-refractivity contribution is -0.118. The molecule has 1 unspecified atom stereocenters. The van der Waals surface area contributed by atoms with Crippen LogP contribution in [0.3, 0.4) is 0 Å². The van der Waals surface area contributed by atoms with Gasteiger partial charge in [-0.15, -0.1) is 0 Å². The minimum absolute atomic E-state index is 0.0126. The molecule has 0 saturated carbocycles. The summed E-state index contributed by atoms with van der Waals surface area (Å²) in [5.74, 6) is -0.177. The molecule has 1 amide bonds. The standard InChI is InChI=1S/C21H24N2O3S/c24-21(22-10-13-23-11-4-1-5-12-23)15-27(25)16-8-9-20-18(14-16)17-6-2-3-7-19(17)26-20/h2-3,6-9,14H,1,4-5,10-13,15H2,(H,22,24). The lowest BCUT2D eigenvalue weighted by Crippen LogP contribution is -2.38. The Morgan fingerprint density at radius 3 is 2.67 bits per heavy atom. The van der Waals surface area contributed by atoms with Crippen LogP contribution in [0.2, 0.25) is 0 Å². The van der Waals surface area contributed by atoms with Crippen LogP contribution in [0, 0.1) is 0 Å². The molecular weight excluding hydrogens is 360 g/mol. The molecule has 27 heavy (non-hydrogen) atoms. The van der Waals surface area contributed by atoms with Crippen LogP contribution in [0.25, 0.3) is 21.9 Å². The lowest BCUT2D eigenvalue weighted by atomic mass is 10.1. The number of likely N-dealkylation sites (tertiary alicyclic amines) is 1. The minimum Gasteiger partial charge on any atom is -0.456 e. The SMILES string of the molecule is O=C(CS(=O)c1ccc2oc3ccccc3c2c1)NCCN1CCCCC1. The highest BCUT2D eigenvalue weighted by Crippen LogP contribution is 2.29. The summed E-state index contributed by atoms with van der Waals surface area (Å²) in [5, 5.41) is 4.83. The van der Waals surface area contributed by atoms with Gasteiger partial charge in [0.2, 0.25) is 5.91 Å². The van der Waals surface area contributed by atoms with Crippen molar-refractivity contribution in [2.45, 2.75) is 24.2 Å². The van der Waals surface area contributed by atoms with E-state index >= 15 is 0 Å². The van der Waals surface area contributed by atoms with Crippen molar-refractivity contribution in [3.05, 3.63) is 42.5 Å². The third-order valence-electron chi connectivity index (χ3n) is 5.07. The highest BCUT2D eigenvalue weighted by molar-refractivity contribution is 7.85. The molecule has 1 N–H and O–H groups in total. The molecule has 0 bridgehead atoms. The zero-order valence-electron chi connectivity index (χ0n) is 15.3. The predicted octanol–water partition coefficient (Wildman–Crippen LogP) is 3.30. The minimum atomic E-state index is -1.37. The number of fused-ring (bicyclic) bond motifs is 3. The average Bonchev–Trinajstić information content (AvgIpc) is 3.06. The van der Waals surface area contributed by atoms with Crippen molar-refractivity contribution in [3.63, 3.8) is 0 Å². The number of nitrogens with one attached hydrogen (secondary N) is 1. The third kappa shape index (κ3) is 4.22. The van der Waals surface area contributed by atoms with Crippen molar-refractivity contribution in [2.75, 3.05) is 31.9 Å². The van der Waals surface area contributed by atoms with Crippen LogP contribution < -0.4 is 5.32 Å². The number of hydrogen-bond donors (Lipinski definition) is 1. The molecule has 1 fully saturated rings. The van der Waals surface area contributed by atoms with Crippen molar-refractivity contribution >= 4 is 38.6 Å². The van der Waals surface area contributed by atoms with Gasteiger partial charge in [0.25, 0.3) is 0 Å². The van der Waals surface area contributed by atoms with Crippen molar-refractivity contribution in [1.82, 2.24) is 10.2 Å². The second-order valence-corrected chi connectivity index (χ2v) is 8.45. The molecule has 1 atom stereocenters. The van der Waals surface area contributed by atoms with E-state index in [1.807, 2.05) is 36.4 Å². The van der Waals surface area contributed by atoms with Crippen LogP contribution in [-0.2, 0) is 15.6 Å². The molecule has 3 aromatic rings. The maximum absolute atomic E-state index is 12.6. The van der Waals surface area contributed by atoms with Gasteiger partial charge in [-0.25, -0.2) is 0 Å². The van der Waals surface area contributed by atoms with Gasteiger partial charge in [-0.05, 0) is 50.2 Å². The van der Waals surface area contributed by atoms with E-state index in [1.54, 1.807) is 6.07 Å². The van der Waals surface area contributed by atoms with Gasteiger partial charge in [-0.3, -0.25) is 9.00 Å². The first-order valence-corrected chi connectivity index (χ1v) is 10.8. The number of carbonyl (C=O) groups is 1. The number of carbonyl (C=O) groups excluding carboxylic acids is 1. The van der Waals surface area contributed by atoms with Crippen LogP contribution in [0.5, 0.6) is 0 Å². The molecule has 4 rings (SSSR count). The van der Waals surface area contributed by atoms with E-state index in [0.717, 1.165) is 41.6 Å². The number of para-hydroxylation sites is 1. The quantitative estimate of drug-likeness (QED) is 0.708. The van der Waals surface area contributed by atoms with E-state index in [4.69, 9.17) is 4.42 Å². The Morgan fingerprint density at radius 2 is 1.81 bits per heavy atom. The Hall–Kier alpha value is -2.18. The van der Waals surface area contributed by atoms with Crippen LogP contribution in [0.15, 0.2) is 51.8 Å². The number of amides is 1. The Morgan fingerprint density at radius 1 is 1.04 bits per heavy atom. The molecule has 5 nitrogen and oxygen atoms in total. The molecule has 0 spiro atoms. The van der Waals surface area contributed by atoms with E-state index in [9.17, 15) is 9.00 Å². The predicted molar refractivity (Wildman–Crippen MR) is 108 cm³/mol. The smallest absolute Gasteiger partial charge is 0.233 e. The van der Waals surface area contributed by atoms with Crippen molar-refractivity contribution in [2.24, 2.45) is 0 Å². The fourth-order valence-electron chi connectivity index (χ4n) is 3.64. The highest BCUT2D eigenvalue weighted by Gasteiger charge is 2.14. The molecule has 0 radical (unpaired) electrons. The highest BCUT2D eigenvalue weighted by atomic mass is 32.2. The summed E-state index contributed by atoms with van der Waals surface area (Å²) in [6, 6.07) is 13.3. The van der Waals surface area contributed by atoms with E-state index in [2.05, 4.69) is 10.2 Å². The first-order chi connectivity index (χ1) is 13.2. The molecule has 1 saturated heterocycles. The second kappa shape index (κ2) is 8.23. The molecule has 1 aliphatic heterocycles. The van der Waals surface area contributed by atoms with Crippen LogP contribution in [-0.4, -0.2) is 46.9 Å².